The van der Waals surface area contributed by atoms with Crippen LogP contribution in [0.3, 0.4) is 0 Å². The molecule has 4 heteroatoms. The molecule has 0 aliphatic carbocycles. The van der Waals surface area contributed by atoms with Crippen molar-refractivity contribution in [1.29, 1.82) is 0 Å². The third-order valence-electron chi connectivity index (χ3n) is 1.37. The van der Waals surface area contributed by atoms with E-state index in [9.17, 15) is 8.78 Å². The minimum absolute atomic E-state index is 0.0552. The first-order valence-electron chi connectivity index (χ1n) is 3.85. The Hall–Kier alpha value is -1.16. The van der Waals surface area contributed by atoms with Gasteiger partial charge in [-0.05, 0) is 19.1 Å². The van der Waals surface area contributed by atoms with Crippen LogP contribution in [0.15, 0.2) is 18.2 Å². The number of halogens is 2. The number of aliphatic hydroxyl groups excluding tert-OH is 1. The van der Waals surface area contributed by atoms with Gasteiger partial charge in [-0.2, -0.15) is 0 Å². The molecule has 0 amide bonds. The van der Waals surface area contributed by atoms with E-state index in [1.165, 1.54) is 6.92 Å². The van der Waals surface area contributed by atoms with Crippen LogP contribution in [0.25, 0.3) is 0 Å². The maximum absolute atomic E-state index is 12.8. The van der Waals surface area contributed by atoms with E-state index in [-0.39, 0.29) is 12.4 Å². The average Bonchev–Trinajstić information content (AvgIpc) is 2.06. The highest BCUT2D eigenvalue weighted by Crippen LogP contribution is 2.17. The molecule has 0 saturated heterocycles. The fraction of sp³-hybridized carbons (Fsp3) is 0.333. The highest BCUT2D eigenvalue weighted by Gasteiger charge is 2.05. The molecule has 0 spiro atoms. The number of aliphatic hydroxyl groups is 1. The van der Waals surface area contributed by atoms with E-state index >= 15 is 0 Å². The van der Waals surface area contributed by atoms with Gasteiger partial charge in [-0.3, -0.25) is 0 Å². The summed E-state index contributed by atoms with van der Waals surface area (Å²) >= 11 is 0. The van der Waals surface area contributed by atoms with Crippen LogP contribution in [0.2, 0.25) is 0 Å². The molecule has 0 aromatic heterocycles. The zero-order valence-corrected chi connectivity index (χ0v) is 7.13. The fourth-order valence-corrected chi connectivity index (χ4v) is 0.798. The predicted molar refractivity (Wildman–Crippen MR) is 43.5 cm³/mol. The van der Waals surface area contributed by atoms with Gasteiger partial charge in [0.25, 0.3) is 0 Å². The summed E-state index contributed by atoms with van der Waals surface area (Å²) in [5.41, 5.74) is 0. The second-order valence-corrected chi connectivity index (χ2v) is 2.73. The summed E-state index contributed by atoms with van der Waals surface area (Å²) < 4.78 is 30.2. The zero-order chi connectivity index (χ0) is 9.84. The van der Waals surface area contributed by atoms with Crippen LogP contribution in [0.1, 0.15) is 6.92 Å². The van der Waals surface area contributed by atoms with Crippen molar-refractivity contribution in [3.8, 4) is 5.75 Å². The molecule has 0 aliphatic heterocycles. The van der Waals surface area contributed by atoms with Gasteiger partial charge >= 0.3 is 0 Å². The molecule has 1 aromatic rings. The molecule has 1 atom stereocenters. The summed E-state index contributed by atoms with van der Waals surface area (Å²) in [5, 5.41) is 8.83. The van der Waals surface area contributed by atoms with E-state index in [4.69, 9.17) is 9.84 Å². The number of hydrogen-bond acceptors (Lipinski definition) is 2. The highest BCUT2D eigenvalue weighted by atomic mass is 19.1. The van der Waals surface area contributed by atoms with Gasteiger partial charge in [0.2, 0.25) is 0 Å². The second-order valence-electron chi connectivity index (χ2n) is 2.73. The maximum Gasteiger partial charge on any atom is 0.165 e. The van der Waals surface area contributed by atoms with Crippen LogP contribution in [-0.4, -0.2) is 17.8 Å². The summed E-state index contributed by atoms with van der Waals surface area (Å²) in [6.45, 7) is 1.44. The Morgan fingerprint density at radius 1 is 1.46 bits per heavy atom. The minimum Gasteiger partial charge on any atom is -0.488 e. The van der Waals surface area contributed by atoms with Crippen molar-refractivity contribution >= 4 is 0 Å². The van der Waals surface area contributed by atoms with Gasteiger partial charge in [-0.1, -0.05) is 0 Å². The van der Waals surface area contributed by atoms with Crippen LogP contribution in [0.4, 0.5) is 8.78 Å². The Kier molecular flexibility index (Phi) is 3.19. The van der Waals surface area contributed by atoms with Crippen molar-refractivity contribution < 1.29 is 18.6 Å². The van der Waals surface area contributed by atoms with Crippen molar-refractivity contribution in [3.05, 3.63) is 29.8 Å². The highest BCUT2D eigenvalue weighted by molar-refractivity contribution is 5.24. The van der Waals surface area contributed by atoms with Crippen LogP contribution in [0.5, 0.6) is 5.75 Å². The van der Waals surface area contributed by atoms with Crippen LogP contribution in [-0.2, 0) is 0 Å². The lowest BCUT2D eigenvalue weighted by molar-refractivity contribution is 0.120. The summed E-state index contributed by atoms with van der Waals surface area (Å²) in [5.74, 6) is -1.38. The first kappa shape index (κ1) is 9.92. The monoisotopic (exact) mass is 188 g/mol. The van der Waals surface area contributed by atoms with E-state index in [2.05, 4.69) is 0 Å². The number of rotatable bonds is 3. The Morgan fingerprint density at radius 2 is 2.15 bits per heavy atom. The van der Waals surface area contributed by atoms with Crippen molar-refractivity contribution in [2.24, 2.45) is 0 Å². The lowest BCUT2D eigenvalue weighted by Gasteiger charge is -2.08. The first-order valence-corrected chi connectivity index (χ1v) is 3.85. The van der Waals surface area contributed by atoms with Gasteiger partial charge in [0.1, 0.15) is 12.4 Å². The van der Waals surface area contributed by atoms with Crippen LogP contribution >= 0.6 is 0 Å². The third-order valence-corrected chi connectivity index (χ3v) is 1.37. The normalized spacial score (nSPS) is 12.6. The van der Waals surface area contributed by atoms with E-state index in [1.54, 1.807) is 0 Å². The lowest BCUT2D eigenvalue weighted by atomic mass is 10.3. The summed E-state index contributed by atoms with van der Waals surface area (Å²) in [6, 6.07) is 2.93. The molecule has 72 valence electrons. The smallest absolute Gasteiger partial charge is 0.165 e. The molecule has 0 saturated carbocycles. The SMILES string of the molecule is CC(O)COc1cc(F)ccc1F. The quantitative estimate of drug-likeness (QED) is 0.782. The Morgan fingerprint density at radius 3 is 2.77 bits per heavy atom. The number of ether oxygens (including phenoxy) is 1. The van der Waals surface area contributed by atoms with Crippen molar-refractivity contribution in [2.75, 3.05) is 6.61 Å². The third kappa shape index (κ3) is 2.99. The zero-order valence-electron chi connectivity index (χ0n) is 7.13. The van der Waals surface area contributed by atoms with Crippen molar-refractivity contribution in [2.45, 2.75) is 13.0 Å². The topological polar surface area (TPSA) is 29.5 Å². The Labute approximate surface area is 74.8 Å². The van der Waals surface area contributed by atoms with Crippen LogP contribution in [0, 0.1) is 11.6 Å². The molecule has 2 nitrogen and oxygen atoms in total. The van der Waals surface area contributed by atoms with Gasteiger partial charge in [-0.15, -0.1) is 0 Å². The maximum atomic E-state index is 12.8. The molecular weight excluding hydrogens is 178 g/mol. The molecule has 13 heavy (non-hydrogen) atoms. The number of hydrogen-bond donors (Lipinski definition) is 1. The molecule has 1 N–H and O–H groups in total. The van der Waals surface area contributed by atoms with Crippen molar-refractivity contribution in [3.63, 3.8) is 0 Å². The van der Waals surface area contributed by atoms with Crippen LogP contribution < -0.4 is 4.74 Å². The second kappa shape index (κ2) is 4.18. The van der Waals surface area contributed by atoms with E-state index < -0.39 is 17.7 Å². The van der Waals surface area contributed by atoms with Gasteiger partial charge < -0.3 is 9.84 Å². The largest absolute Gasteiger partial charge is 0.488 e. The summed E-state index contributed by atoms with van der Waals surface area (Å²) in [7, 11) is 0. The molecule has 0 aliphatic rings. The molecule has 0 radical (unpaired) electrons. The molecule has 0 fully saturated rings. The van der Waals surface area contributed by atoms with E-state index in [0.29, 0.717) is 0 Å². The molecule has 0 bridgehead atoms. The summed E-state index contributed by atoms with van der Waals surface area (Å²) in [4.78, 5) is 0. The van der Waals surface area contributed by atoms with Gasteiger partial charge in [0, 0.05) is 6.07 Å². The van der Waals surface area contributed by atoms with Gasteiger partial charge in [0.05, 0.1) is 6.10 Å². The lowest BCUT2D eigenvalue weighted by Crippen LogP contribution is -2.13. The molecule has 1 unspecified atom stereocenters. The first-order chi connectivity index (χ1) is 6.09. The van der Waals surface area contributed by atoms with Gasteiger partial charge in [0.15, 0.2) is 11.6 Å². The fourth-order valence-electron chi connectivity index (χ4n) is 0.798. The van der Waals surface area contributed by atoms with Gasteiger partial charge in [-0.25, -0.2) is 8.78 Å². The predicted octanol–water partition coefficient (Wildman–Crippen LogP) is 1.72. The number of benzene rings is 1. The molecule has 1 aromatic carbocycles. The Bertz CT molecular complexity index is 287. The standard InChI is InChI=1S/C9H10F2O2/c1-6(12)5-13-9-4-7(10)2-3-8(9)11/h2-4,6,12H,5H2,1H3. The summed E-state index contributed by atoms with van der Waals surface area (Å²) in [6.07, 6.45) is -0.706. The van der Waals surface area contributed by atoms with E-state index in [0.717, 1.165) is 18.2 Å². The minimum atomic E-state index is -0.706. The average molecular weight is 188 g/mol. The molecule has 0 heterocycles. The molecule has 1 rings (SSSR count). The Balaban J connectivity index is 2.70. The molecular formula is C9H10F2O2. The van der Waals surface area contributed by atoms with E-state index in [1.807, 2.05) is 0 Å². The van der Waals surface area contributed by atoms with Crippen molar-refractivity contribution in [1.82, 2.24) is 0 Å².